The number of Topliss-reactive ketones (excluding diaryl/α,β-unsaturated/α-hetero) is 1. The van der Waals surface area contributed by atoms with E-state index in [4.69, 9.17) is 0 Å². The van der Waals surface area contributed by atoms with Crippen LogP contribution in [-0.4, -0.2) is 16.6 Å². The Kier molecular flexibility index (Phi) is 5.66. The third-order valence-electron chi connectivity index (χ3n) is 6.31. The summed E-state index contributed by atoms with van der Waals surface area (Å²) in [6, 6.07) is 13.6. The van der Waals surface area contributed by atoms with Crippen LogP contribution in [-0.2, 0) is 9.59 Å². The van der Waals surface area contributed by atoms with Crippen molar-refractivity contribution >= 4 is 23.1 Å². The number of aryl methyl sites for hydroxylation is 1. The number of amides is 1. The number of carbonyl (C=O) groups is 2. The van der Waals surface area contributed by atoms with Gasteiger partial charge in [0.1, 0.15) is 0 Å². The molecule has 1 atom stereocenters. The topological polar surface area (TPSA) is 101 Å². The van der Waals surface area contributed by atoms with Gasteiger partial charge in [0, 0.05) is 52.7 Å². The first kappa shape index (κ1) is 22.5. The molecular weight excluding hydrogens is 418 g/mol. The predicted octanol–water partition coefficient (Wildman–Crippen LogP) is 5.15. The van der Waals surface area contributed by atoms with Gasteiger partial charge in [0.05, 0.1) is 4.92 Å². The van der Waals surface area contributed by atoms with E-state index in [1.54, 1.807) is 12.1 Å². The van der Waals surface area contributed by atoms with Crippen molar-refractivity contribution in [2.24, 2.45) is 5.41 Å². The van der Waals surface area contributed by atoms with Gasteiger partial charge >= 0.3 is 0 Å². The van der Waals surface area contributed by atoms with Gasteiger partial charge in [0.15, 0.2) is 5.78 Å². The van der Waals surface area contributed by atoms with Gasteiger partial charge in [-0.2, -0.15) is 0 Å². The Morgan fingerprint density at radius 3 is 2.39 bits per heavy atom. The molecule has 2 aromatic rings. The largest absolute Gasteiger partial charge is 0.362 e. The maximum Gasteiger partial charge on any atom is 0.269 e. The second-order valence-corrected chi connectivity index (χ2v) is 9.55. The first-order valence-electron chi connectivity index (χ1n) is 10.9. The van der Waals surface area contributed by atoms with Gasteiger partial charge < -0.3 is 10.6 Å². The molecule has 0 bridgehead atoms. The highest BCUT2D eigenvalue weighted by atomic mass is 16.6. The third-order valence-corrected chi connectivity index (χ3v) is 6.31. The Bertz CT molecular complexity index is 1220. The Hall–Kier alpha value is -3.74. The number of allylic oxidation sites excluding steroid dienone is 3. The Morgan fingerprint density at radius 2 is 1.76 bits per heavy atom. The molecule has 1 heterocycles. The lowest BCUT2D eigenvalue weighted by atomic mass is 9.68. The van der Waals surface area contributed by atoms with Gasteiger partial charge in [-0.25, -0.2) is 0 Å². The van der Waals surface area contributed by atoms with Crippen molar-refractivity contribution in [1.82, 2.24) is 5.32 Å². The molecule has 2 aromatic carbocycles. The molecule has 7 heteroatoms. The Balaban J connectivity index is 1.82. The van der Waals surface area contributed by atoms with Crippen LogP contribution >= 0.6 is 0 Å². The van der Waals surface area contributed by atoms with Crippen LogP contribution in [0.4, 0.5) is 11.4 Å². The van der Waals surface area contributed by atoms with Crippen molar-refractivity contribution in [2.75, 3.05) is 5.32 Å². The highest BCUT2D eigenvalue weighted by Crippen LogP contribution is 2.47. The maximum atomic E-state index is 13.5. The summed E-state index contributed by atoms with van der Waals surface area (Å²) >= 11 is 0. The molecule has 33 heavy (non-hydrogen) atoms. The quantitative estimate of drug-likeness (QED) is 0.501. The van der Waals surface area contributed by atoms with E-state index in [9.17, 15) is 19.7 Å². The number of nitro benzene ring substituents is 1. The van der Waals surface area contributed by atoms with Crippen molar-refractivity contribution in [3.63, 3.8) is 0 Å². The number of nitro groups is 1. The summed E-state index contributed by atoms with van der Waals surface area (Å²) in [6.45, 7) is 7.85. The van der Waals surface area contributed by atoms with Crippen molar-refractivity contribution in [3.05, 3.63) is 92.3 Å². The number of benzene rings is 2. The molecule has 0 radical (unpaired) electrons. The van der Waals surface area contributed by atoms with E-state index in [0.717, 1.165) is 11.3 Å². The first-order chi connectivity index (χ1) is 15.6. The molecule has 2 N–H and O–H groups in total. The maximum absolute atomic E-state index is 13.5. The molecule has 0 saturated heterocycles. The molecule has 0 spiro atoms. The fraction of sp³-hybridized carbons (Fsp3) is 0.308. The number of non-ortho nitro benzene ring substituents is 1. The minimum Gasteiger partial charge on any atom is -0.362 e. The average Bonchev–Trinajstić information content (AvgIpc) is 2.73. The molecule has 0 unspecified atom stereocenters. The predicted molar refractivity (Wildman–Crippen MR) is 127 cm³/mol. The number of hydrogen-bond acceptors (Lipinski definition) is 5. The molecule has 170 valence electrons. The van der Waals surface area contributed by atoms with Crippen molar-refractivity contribution < 1.29 is 14.5 Å². The van der Waals surface area contributed by atoms with Gasteiger partial charge in [-0.1, -0.05) is 44.2 Å². The number of para-hydroxylation sites is 1. The van der Waals surface area contributed by atoms with E-state index in [1.807, 2.05) is 38.1 Å². The summed E-state index contributed by atoms with van der Waals surface area (Å²) in [5, 5.41) is 17.5. The van der Waals surface area contributed by atoms with Crippen molar-refractivity contribution in [1.29, 1.82) is 0 Å². The number of nitrogens with one attached hydrogen (secondary N) is 2. The lowest BCUT2D eigenvalue weighted by Gasteiger charge is -2.39. The smallest absolute Gasteiger partial charge is 0.269 e. The average molecular weight is 446 g/mol. The van der Waals surface area contributed by atoms with Gasteiger partial charge in [-0.15, -0.1) is 0 Å². The molecule has 1 aliphatic carbocycles. The lowest BCUT2D eigenvalue weighted by molar-refractivity contribution is -0.384. The van der Waals surface area contributed by atoms with E-state index in [0.29, 0.717) is 40.9 Å². The van der Waals surface area contributed by atoms with E-state index in [2.05, 4.69) is 24.5 Å². The summed E-state index contributed by atoms with van der Waals surface area (Å²) in [5.41, 5.74) is 4.59. The van der Waals surface area contributed by atoms with Crippen LogP contribution in [0.1, 0.15) is 50.7 Å². The van der Waals surface area contributed by atoms with Gasteiger partial charge in [-0.05, 0) is 42.9 Å². The standard InChI is InChI=1S/C26H27N3O4/c1-15-7-5-6-8-19(15)28-25(31)22-16(2)27-20-13-26(3,4)14-21(30)24(20)23(22)17-9-11-18(12-10-17)29(32)33/h5-12,23,27H,13-14H2,1-4H3,(H,28,31)/t23-/m0/s1. The second-order valence-electron chi connectivity index (χ2n) is 9.55. The van der Waals surface area contributed by atoms with Crippen LogP contribution in [0.2, 0.25) is 0 Å². The summed E-state index contributed by atoms with van der Waals surface area (Å²) in [4.78, 5) is 37.6. The molecule has 7 nitrogen and oxygen atoms in total. The van der Waals surface area contributed by atoms with Crippen molar-refractivity contribution in [3.8, 4) is 0 Å². The minimum atomic E-state index is -0.602. The monoisotopic (exact) mass is 445 g/mol. The minimum absolute atomic E-state index is 0.00852. The van der Waals surface area contributed by atoms with E-state index in [-0.39, 0.29) is 22.8 Å². The first-order valence-corrected chi connectivity index (χ1v) is 10.9. The molecule has 0 saturated carbocycles. The van der Waals surface area contributed by atoms with Gasteiger partial charge in [0.2, 0.25) is 0 Å². The van der Waals surface area contributed by atoms with Crippen LogP contribution in [0.15, 0.2) is 71.1 Å². The SMILES string of the molecule is CC1=C(C(=O)Nc2ccccc2C)[C@H](c2ccc([N+](=O)[O-])cc2)C2=C(CC(C)(C)CC2=O)N1. The third kappa shape index (κ3) is 4.31. The van der Waals surface area contributed by atoms with Crippen LogP contribution < -0.4 is 10.6 Å². The molecule has 2 aliphatic rings. The fourth-order valence-corrected chi connectivity index (χ4v) is 4.76. The Morgan fingerprint density at radius 1 is 1.09 bits per heavy atom. The van der Waals surface area contributed by atoms with Crippen LogP contribution in [0.3, 0.4) is 0 Å². The van der Waals surface area contributed by atoms with Crippen LogP contribution in [0, 0.1) is 22.5 Å². The zero-order valence-corrected chi connectivity index (χ0v) is 19.2. The second kappa shape index (κ2) is 8.31. The number of anilines is 1. The lowest BCUT2D eigenvalue weighted by Crippen LogP contribution is -2.39. The number of carbonyl (C=O) groups excluding carboxylic acids is 2. The number of hydrogen-bond donors (Lipinski definition) is 2. The summed E-state index contributed by atoms with van der Waals surface area (Å²) in [7, 11) is 0. The van der Waals surface area contributed by atoms with Gasteiger partial charge in [0.25, 0.3) is 11.6 Å². The zero-order chi connectivity index (χ0) is 23.9. The zero-order valence-electron chi connectivity index (χ0n) is 19.2. The number of dihydropyridines is 1. The fourth-order valence-electron chi connectivity index (χ4n) is 4.76. The molecule has 0 fully saturated rings. The van der Waals surface area contributed by atoms with E-state index >= 15 is 0 Å². The number of ketones is 1. The van der Waals surface area contributed by atoms with Gasteiger partial charge in [-0.3, -0.25) is 19.7 Å². The van der Waals surface area contributed by atoms with E-state index < -0.39 is 10.8 Å². The summed E-state index contributed by atoms with van der Waals surface area (Å²) in [6.07, 6.45) is 1.06. The van der Waals surface area contributed by atoms with Crippen LogP contribution in [0.25, 0.3) is 0 Å². The molecular formula is C26H27N3O4. The molecule has 1 aliphatic heterocycles. The summed E-state index contributed by atoms with van der Waals surface area (Å²) in [5.74, 6) is -0.915. The normalized spacial score (nSPS) is 19.6. The highest BCUT2D eigenvalue weighted by Gasteiger charge is 2.42. The molecule has 1 amide bonds. The molecule has 4 rings (SSSR count). The van der Waals surface area contributed by atoms with Crippen molar-refractivity contribution in [2.45, 2.75) is 46.5 Å². The number of rotatable bonds is 4. The molecule has 0 aromatic heterocycles. The Labute approximate surface area is 192 Å². The summed E-state index contributed by atoms with van der Waals surface area (Å²) < 4.78 is 0. The van der Waals surface area contributed by atoms with E-state index in [1.165, 1.54) is 12.1 Å². The highest BCUT2D eigenvalue weighted by molar-refractivity contribution is 6.10. The van der Waals surface area contributed by atoms with Crippen LogP contribution in [0.5, 0.6) is 0 Å². The number of nitrogens with zero attached hydrogens (tertiary/aromatic N) is 1.